The Kier molecular flexibility index (Phi) is 5.80. The molecule has 3 heterocycles. The Bertz CT molecular complexity index is 1160. The van der Waals surface area contributed by atoms with E-state index in [4.69, 9.17) is 4.74 Å². The lowest BCUT2D eigenvalue weighted by Gasteiger charge is -2.43. The van der Waals surface area contributed by atoms with Crippen LogP contribution in [0.3, 0.4) is 0 Å². The van der Waals surface area contributed by atoms with Crippen molar-refractivity contribution in [3.05, 3.63) is 30.0 Å². The standard InChI is InChI=1S/C27H36N4O4/c1-17-12-26(2,3)16-27(13-17)24(33)31(25(34)29-27)15-23(32)30-9-7-18(8-10-30)21-14-28-22-6-5-19(35-4)11-20(21)22/h5-6,11,14,17-18,28H,7-10,12-13,15-16H2,1-4H3,(H,29,34). The molecule has 35 heavy (non-hydrogen) atoms. The van der Waals surface area contributed by atoms with Gasteiger partial charge in [0, 0.05) is 30.2 Å². The van der Waals surface area contributed by atoms with E-state index in [0.717, 1.165) is 40.8 Å². The number of fused-ring (bicyclic) bond motifs is 1. The van der Waals surface area contributed by atoms with E-state index >= 15 is 0 Å². The fourth-order valence-electron chi connectivity index (χ4n) is 6.91. The van der Waals surface area contributed by atoms with Gasteiger partial charge in [0.2, 0.25) is 5.91 Å². The zero-order valence-corrected chi connectivity index (χ0v) is 21.1. The smallest absolute Gasteiger partial charge is 0.325 e. The molecule has 2 atom stereocenters. The normalized spacial score (nSPS) is 27.0. The van der Waals surface area contributed by atoms with Gasteiger partial charge < -0.3 is 19.9 Å². The molecule has 5 rings (SSSR count). The molecule has 2 saturated heterocycles. The highest BCUT2D eigenvalue weighted by atomic mass is 16.5. The molecule has 2 aromatic rings. The van der Waals surface area contributed by atoms with E-state index in [1.807, 2.05) is 12.1 Å². The second-order valence-electron chi connectivity index (χ2n) is 11.6. The number of ether oxygens (including phenoxy) is 1. The maximum Gasteiger partial charge on any atom is 0.325 e. The van der Waals surface area contributed by atoms with Crippen molar-refractivity contribution in [1.29, 1.82) is 0 Å². The average Bonchev–Trinajstić information content (AvgIpc) is 3.31. The van der Waals surface area contributed by atoms with E-state index in [-0.39, 0.29) is 23.8 Å². The lowest BCUT2D eigenvalue weighted by molar-refractivity contribution is -0.141. The molecule has 8 heteroatoms. The van der Waals surface area contributed by atoms with Crippen molar-refractivity contribution in [3.8, 4) is 5.75 Å². The first-order chi connectivity index (χ1) is 16.6. The molecule has 2 aliphatic heterocycles. The summed E-state index contributed by atoms with van der Waals surface area (Å²) in [5.41, 5.74) is 1.42. The number of carbonyl (C=O) groups is 3. The Morgan fingerprint density at radius 2 is 1.91 bits per heavy atom. The van der Waals surface area contributed by atoms with Crippen LogP contribution in [0.2, 0.25) is 0 Å². The summed E-state index contributed by atoms with van der Waals surface area (Å²) in [6, 6.07) is 5.59. The molecule has 0 radical (unpaired) electrons. The van der Waals surface area contributed by atoms with Crippen LogP contribution in [0, 0.1) is 11.3 Å². The van der Waals surface area contributed by atoms with E-state index in [1.165, 1.54) is 5.56 Å². The zero-order valence-electron chi connectivity index (χ0n) is 21.1. The molecule has 2 unspecified atom stereocenters. The van der Waals surface area contributed by atoms with Crippen molar-refractivity contribution in [2.45, 2.75) is 64.3 Å². The Hall–Kier alpha value is -3.03. The largest absolute Gasteiger partial charge is 0.497 e. The number of benzene rings is 1. The van der Waals surface area contributed by atoms with E-state index in [0.29, 0.717) is 37.8 Å². The third kappa shape index (κ3) is 4.28. The van der Waals surface area contributed by atoms with Crippen molar-refractivity contribution in [2.24, 2.45) is 11.3 Å². The molecule has 3 fully saturated rings. The minimum absolute atomic E-state index is 0.0328. The van der Waals surface area contributed by atoms with Gasteiger partial charge in [-0.05, 0) is 73.1 Å². The predicted octanol–water partition coefficient (Wildman–Crippen LogP) is 4.02. The summed E-state index contributed by atoms with van der Waals surface area (Å²) in [5, 5.41) is 4.12. The van der Waals surface area contributed by atoms with Crippen molar-refractivity contribution >= 4 is 28.7 Å². The number of hydrogen-bond donors (Lipinski definition) is 2. The number of aromatic nitrogens is 1. The van der Waals surface area contributed by atoms with Crippen LogP contribution in [0.25, 0.3) is 10.9 Å². The quantitative estimate of drug-likeness (QED) is 0.647. The van der Waals surface area contributed by atoms with Crippen LogP contribution in [0.15, 0.2) is 24.4 Å². The highest BCUT2D eigenvalue weighted by molar-refractivity contribution is 6.09. The summed E-state index contributed by atoms with van der Waals surface area (Å²) in [6.07, 6.45) is 6.00. The van der Waals surface area contributed by atoms with Crippen LogP contribution < -0.4 is 10.1 Å². The summed E-state index contributed by atoms with van der Waals surface area (Å²) in [5.74, 6) is 1.10. The van der Waals surface area contributed by atoms with Crippen LogP contribution >= 0.6 is 0 Å². The number of hydrogen-bond acceptors (Lipinski definition) is 4. The molecule has 3 aliphatic rings. The number of aromatic amines is 1. The van der Waals surface area contributed by atoms with E-state index < -0.39 is 11.6 Å². The Labute approximate surface area is 206 Å². The Balaban J connectivity index is 1.23. The summed E-state index contributed by atoms with van der Waals surface area (Å²) >= 11 is 0. The summed E-state index contributed by atoms with van der Waals surface area (Å²) in [7, 11) is 1.67. The van der Waals surface area contributed by atoms with Crippen LogP contribution in [0.4, 0.5) is 4.79 Å². The number of amides is 4. The first-order valence-corrected chi connectivity index (χ1v) is 12.7. The van der Waals surface area contributed by atoms with Gasteiger partial charge in [0.15, 0.2) is 0 Å². The van der Waals surface area contributed by atoms with Gasteiger partial charge in [0.05, 0.1) is 7.11 Å². The van der Waals surface area contributed by atoms with Gasteiger partial charge in [-0.3, -0.25) is 14.5 Å². The van der Waals surface area contributed by atoms with Crippen LogP contribution in [-0.4, -0.2) is 64.9 Å². The van der Waals surface area contributed by atoms with Gasteiger partial charge in [-0.15, -0.1) is 0 Å². The van der Waals surface area contributed by atoms with Crippen LogP contribution in [-0.2, 0) is 9.59 Å². The van der Waals surface area contributed by atoms with Gasteiger partial charge in [0.1, 0.15) is 17.8 Å². The minimum atomic E-state index is -0.873. The minimum Gasteiger partial charge on any atom is -0.497 e. The topological polar surface area (TPSA) is 94.7 Å². The molecular formula is C27H36N4O4. The van der Waals surface area contributed by atoms with Crippen molar-refractivity contribution in [3.63, 3.8) is 0 Å². The fraction of sp³-hybridized carbons (Fsp3) is 0.593. The lowest BCUT2D eigenvalue weighted by atomic mass is 9.64. The van der Waals surface area contributed by atoms with Gasteiger partial charge in [-0.2, -0.15) is 0 Å². The molecular weight excluding hydrogens is 444 g/mol. The van der Waals surface area contributed by atoms with Crippen molar-refractivity contribution < 1.29 is 19.1 Å². The second-order valence-corrected chi connectivity index (χ2v) is 11.6. The van der Waals surface area contributed by atoms with E-state index in [9.17, 15) is 14.4 Å². The molecule has 1 aromatic heterocycles. The predicted molar refractivity (Wildman–Crippen MR) is 133 cm³/mol. The summed E-state index contributed by atoms with van der Waals surface area (Å²) < 4.78 is 5.39. The molecule has 0 bridgehead atoms. The molecule has 1 aromatic carbocycles. The van der Waals surface area contributed by atoms with E-state index in [2.05, 4.69) is 43.3 Å². The number of urea groups is 1. The second kappa shape index (κ2) is 8.57. The monoisotopic (exact) mass is 480 g/mol. The fourth-order valence-corrected chi connectivity index (χ4v) is 6.91. The number of piperidine rings is 1. The summed E-state index contributed by atoms with van der Waals surface area (Å²) in [4.78, 5) is 45.6. The highest BCUT2D eigenvalue weighted by Gasteiger charge is 2.56. The molecule has 1 spiro atoms. The van der Waals surface area contributed by atoms with Gasteiger partial charge in [-0.25, -0.2) is 4.79 Å². The number of methoxy groups -OCH3 is 1. The van der Waals surface area contributed by atoms with Crippen LogP contribution in [0.1, 0.15) is 64.4 Å². The Morgan fingerprint density at radius 1 is 1.17 bits per heavy atom. The Morgan fingerprint density at radius 3 is 2.60 bits per heavy atom. The van der Waals surface area contributed by atoms with Crippen LogP contribution in [0.5, 0.6) is 5.75 Å². The van der Waals surface area contributed by atoms with Gasteiger partial charge in [0.25, 0.3) is 5.91 Å². The number of nitrogens with zero attached hydrogens (tertiary/aromatic N) is 2. The van der Waals surface area contributed by atoms with Gasteiger partial charge >= 0.3 is 6.03 Å². The number of rotatable bonds is 4. The maximum absolute atomic E-state index is 13.4. The van der Waals surface area contributed by atoms with Gasteiger partial charge in [-0.1, -0.05) is 20.8 Å². The van der Waals surface area contributed by atoms with E-state index in [1.54, 1.807) is 12.0 Å². The number of imide groups is 1. The average molecular weight is 481 g/mol. The van der Waals surface area contributed by atoms with Crippen molar-refractivity contribution in [2.75, 3.05) is 26.7 Å². The van der Waals surface area contributed by atoms with Crippen molar-refractivity contribution in [1.82, 2.24) is 20.1 Å². The number of likely N-dealkylation sites (tertiary alicyclic amines) is 1. The highest BCUT2D eigenvalue weighted by Crippen LogP contribution is 2.46. The molecule has 1 saturated carbocycles. The number of carbonyl (C=O) groups excluding carboxylic acids is 3. The molecule has 2 N–H and O–H groups in total. The lowest BCUT2D eigenvalue weighted by Crippen LogP contribution is -2.54. The summed E-state index contributed by atoms with van der Waals surface area (Å²) in [6.45, 7) is 7.45. The number of nitrogens with one attached hydrogen (secondary N) is 2. The third-order valence-electron chi connectivity index (χ3n) is 8.13. The first-order valence-electron chi connectivity index (χ1n) is 12.7. The molecule has 4 amide bonds. The maximum atomic E-state index is 13.4. The number of H-pyrrole nitrogens is 1. The molecule has 1 aliphatic carbocycles. The molecule has 8 nitrogen and oxygen atoms in total. The third-order valence-corrected chi connectivity index (χ3v) is 8.13. The zero-order chi connectivity index (χ0) is 25.0. The first kappa shape index (κ1) is 23.7. The SMILES string of the molecule is COc1ccc2[nH]cc(C3CCN(C(=O)CN4C(=O)NC5(CC(C)CC(C)(C)C5)C4=O)CC3)c2c1. The molecule has 188 valence electrons.